The second kappa shape index (κ2) is 8.70. The fourth-order valence-electron chi connectivity index (χ4n) is 3.17. The van der Waals surface area contributed by atoms with E-state index in [1.807, 2.05) is 0 Å². The summed E-state index contributed by atoms with van der Waals surface area (Å²) in [4.78, 5) is 27.5. The molecule has 0 saturated carbocycles. The highest BCUT2D eigenvalue weighted by Gasteiger charge is 2.58. The number of nitrogens with two attached hydrogens (primary N) is 1. The molecule has 158 valence electrons. The minimum absolute atomic E-state index is 0.104. The number of aliphatic hydroxyl groups excluding tert-OH is 1. The third-order valence-corrected chi connectivity index (χ3v) is 4.90. The Morgan fingerprint density at radius 1 is 1.34 bits per heavy atom. The summed E-state index contributed by atoms with van der Waals surface area (Å²) < 4.78 is 10.8. The highest BCUT2D eigenvalue weighted by Crippen LogP contribution is 2.37. The largest absolute Gasteiger partial charge is 0.479 e. The standard InChI is InChI=1S/C19H24N2O8/c1-11(2)19(27)13(29-15(14(19)22)21-10-20)9-28-18(16(23)24,17(25)26)8-12-6-4-3-5-7-12/h3-7,10,13-15,22,27H,1,8-9H2,2H3,(H2,20,21)(H,23,24)(H,25,26)/t13-,14+,15-,19-/m1/s1. The number of hydrogen-bond acceptors (Lipinski definition) is 7. The Labute approximate surface area is 166 Å². The van der Waals surface area contributed by atoms with Crippen molar-refractivity contribution in [2.45, 2.75) is 43.0 Å². The summed E-state index contributed by atoms with van der Waals surface area (Å²) in [6.45, 7) is 4.39. The van der Waals surface area contributed by atoms with Gasteiger partial charge in [-0.1, -0.05) is 36.9 Å². The van der Waals surface area contributed by atoms with Crippen molar-refractivity contribution in [3.8, 4) is 0 Å². The van der Waals surface area contributed by atoms with E-state index in [0.29, 0.717) is 5.56 Å². The van der Waals surface area contributed by atoms with Crippen LogP contribution < -0.4 is 5.73 Å². The molecule has 1 aromatic carbocycles. The number of carboxylic acids is 2. The lowest BCUT2D eigenvalue weighted by atomic mass is 9.86. The fraction of sp³-hybridized carbons (Fsp3) is 0.421. The molecule has 0 aliphatic carbocycles. The molecule has 10 nitrogen and oxygen atoms in total. The molecule has 2 rings (SSSR count). The van der Waals surface area contributed by atoms with Crippen molar-refractivity contribution in [2.75, 3.05) is 6.61 Å². The lowest BCUT2D eigenvalue weighted by Crippen LogP contribution is -2.55. The number of carbonyl (C=O) groups is 2. The summed E-state index contributed by atoms with van der Waals surface area (Å²) in [7, 11) is 0. The van der Waals surface area contributed by atoms with Gasteiger partial charge < -0.3 is 35.6 Å². The van der Waals surface area contributed by atoms with E-state index < -0.39 is 54.6 Å². The summed E-state index contributed by atoms with van der Waals surface area (Å²) in [6.07, 6.45) is -3.74. The van der Waals surface area contributed by atoms with Crippen LogP contribution in [0.15, 0.2) is 47.5 Å². The molecule has 1 heterocycles. The number of aliphatic carboxylic acids is 2. The molecule has 6 N–H and O–H groups in total. The van der Waals surface area contributed by atoms with Crippen LogP contribution in [0.4, 0.5) is 0 Å². The van der Waals surface area contributed by atoms with E-state index in [1.165, 1.54) is 6.92 Å². The Morgan fingerprint density at radius 2 is 1.93 bits per heavy atom. The van der Waals surface area contributed by atoms with Gasteiger partial charge in [-0.05, 0) is 18.1 Å². The molecule has 0 aromatic heterocycles. The molecular formula is C19H24N2O8. The molecule has 1 saturated heterocycles. The van der Waals surface area contributed by atoms with Crippen molar-refractivity contribution < 1.29 is 39.5 Å². The van der Waals surface area contributed by atoms with Crippen molar-refractivity contribution >= 4 is 18.3 Å². The maximum atomic E-state index is 11.9. The Bertz CT molecular complexity index is 783. The zero-order valence-corrected chi connectivity index (χ0v) is 15.8. The van der Waals surface area contributed by atoms with Gasteiger partial charge in [0.25, 0.3) is 5.60 Å². The topological polar surface area (TPSA) is 172 Å². The second-order valence-electron chi connectivity index (χ2n) is 6.77. The third kappa shape index (κ3) is 4.15. The van der Waals surface area contributed by atoms with Crippen LogP contribution in [-0.2, 0) is 25.5 Å². The first-order valence-corrected chi connectivity index (χ1v) is 8.69. The minimum Gasteiger partial charge on any atom is -0.479 e. The van der Waals surface area contributed by atoms with E-state index in [0.717, 1.165) is 6.34 Å². The number of aliphatic imine (C=N–C) groups is 1. The Kier molecular flexibility index (Phi) is 6.75. The van der Waals surface area contributed by atoms with Crippen LogP contribution in [0, 0.1) is 0 Å². The molecule has 0 bridgehead atoms. The van der Waals surface area contributed by atoms with Gasteiger partial charge in [0.05, 0.1) is 12.9 Å². The van der Waals surface area contributed by atoms with Crippen molar-refractivity contribution in [1.29, 1.82) is 0 Å². The zero-order chi connectivity index (χ0) is 21.8. The number of aliphatic hydroxyl groups is 2. The first kappa shape index (κ1) is 22.5. The third-order valence-electron chi connectivity index (χ3n) is 4.90. The number of benzene rings is 1. The molecule has 0 spiro atoms. The summed E-state index contributed by atoms with van der Waals surface area (Å²) in [5.41, 5.74) is 1.05. The van der Waals surface area contributed by atoms with Crippen LogP contribution in [-0.4, -0.2) is 74.9 Å². The molecule has 0 radical (unpaired) electrons. The average Bonchev–Trinajstić information content (AvgIpc) is 2.91. The Balaban J connectivity index is 2.33. The van der Waals surface area contributed by atoms with Gasteiger partial charge in [-0.3, -0.25) is 0 Å². The number of nitrogens with zero attached hydrogens (tertiary/aromatic N) is 1. The normalized spacial score (nSPS) is 27.2. The molecule has 1 aromatic rings. The molecule has 1 aliphatic heterocycles. The van der Waals surface area contributed by atoms with Crippen LogP contribution in [0.5, 0.6) is 0 Å². The smallest absolute Gasteiger partial charge is 0.348 e. The zero-order valence-electron chi connectivity index (χ0n) is 15.8. The number of ether oxygens (including phenoxy) is 2. The average molecular weight is 408 g/mol. The predicted octanol–water partition coefficient (Wildman–Crippen LogP) is -0.466. The van der Waals surface area contributed by atoms with Gasteiger partial charge in [0.15, 0.2) is 6.23 Å². The minimum atomic E-state index is -2.64. The highest BCUT2D eigenvalue weighted by molar-refractivity contribution is 6.02. The van der Waals surface area contributed by atoms with Crippen LogP contribution in [0.1, 0.15) is 12.5 Å². The van der Waals surface area contributed by atoms with Gasteiger partial charge in [0, 0.05) is 6.42 Å². The Morgan fingerprint density at radius 3 is 2.41 bits per heavy atom. The summed E-state index contributed by atoms with van der Waals surface area (Å²) in [5, 5.41) is 40.5. The SMILES string of the molecule is C=C(C)[C@@]1(O)[C@@H](COC(Cc2ccccc2)(C(=O)O)C(=O)O)O[C@@H](N=CN)[C@@H]1O. The van der Waals surface area contributed by atoms with Crippen LogP contribution in [0.25, 0.3) is 0 Å². The molecular weight excluding hydrogens is 384 g/mol. The highest BCUT2D eigenvalue weighted by atomic mass is 16.6. The van der Waals surface area contributed by atoms with E-state index in [1.54, 1.807) is 30.3 Å². The van der Waals surface area contributed by atoms with Gasteiger partial charge in [0.1, 0.15) is 17.8 Å². The molecule has 0 amide bonds. The van der Waals surface area contributed by atoms with Crippen LogP contribution in [0.3, 0.4) is 0 Å². The van der Waals surface area contributed by atoms with Crippen molar-refractivity contribution in [3.63, 3.8) is 0 Å². The molecule has 4 atom stereocenters. The summed E-state index contributed by atoms with van der Waals surface area (Å²) in [6, 6.07) is 8.10. The lowest BCUT2D eigenvalue weighted by molar-refractivity contribution is -0.191. The number of hydrogen-bond donors (Lipinski definition) is 5. The van der Waals surface area contributed by atoms with Crippen molar-refractivity contribution in [1.82, 2.24) is 0 Å². The summed E-state index contributed by atoms with van der Waals surface area (Å²) in [5.74, 6) is -3.44. The predicted molar refractivity (Wildman–Crippen MR) is 101 cm³/mol. The van der Waals surface area contributed by atoms with E-state index in [9.17, 15) is 30.0 Å². The lowest BCUT2D eigenvalue weighted by Gasteiger charge is -2.33. The van der Waals surface area contributed by atoms with Crippen molar-refractivity contribution in [3.05, 3.63) is 48.0 Å². The van der Waals surface area contributed by atoms with Gasteiger partial charge in [-0.25, -0.2) is 14.6 Å². The fourth-order valence-corrected chi connectivity index (χ4v) is 3.17. The Hall–Kier alpha value is -2.79. The molecule has 0 unspecified atom stereocenters. The molecule has 1 aliphatic rings. The second-order valence-corrected chi connectivity index (χ2v) is 6.77. The van der Waals surface area contributed by atoms with Crippen LogP contribution >= 0.6 is 0 Å². The molecule has 1 fully saturated rings. The maximum absolute atomic E-state index is 11.9. The van der Waals surface area contributed by atoms with Gasteiger partial charge in [0.2, 0.25) is 0 Å². The monoisotopic (exact) mass is 408 g/mol. The molecule has 10 heteroatoms. The van der Waals surface area contributed by atoms with E-state index in [-0.39, 0.29) is 5.57 Å². The maximum Gasteiger partial charge on any atom is 0.348 e. The molecule has 29 heavy (non-hydrogen) atoms. The van der Waals surface area contributed by atoms with E-state index in [4.69, 9.17) is 15.2 Å². The number of carboxylic acid groups (broad SMARTS) is 2. The van der Waals surface area contributed by atoms with Gasteiger partial charge >= 0.3 is 11.9 Å². The van der Waals surface area contributed by atoms with Gasteiger partial charge in [-0.2, -0.15) is 0 Å². The number of rotatable bonds is 9. The van der Waals surface area contributed by atoms with Crippen molar-refractivity contribution in [2.24, 2.45) is 10.7 Å². The first-order valence-electron chi connectivity index (χ1n) is 8.69. The van der Waals surface area contributed by atoms with E-state index >= 15 is 0 Å². The first-order chi connectivity index (χ1) is 13.6. The summed E-state index contributed by atoms with van der Waals surface area (Å²) >= 11 is 0. The van der Waals surface area contributed by atoms with E-state index in [2.05, 4.69) is 11.6 Å². The quantitative estimate of drug-likeness (QED) is 0.157. The van der Waals surface area contributed by atoms with Crippen LogP contribution in [0.2, 0.25) is 0 Å². The van der Waals surface area contributed by atoms with Gasteiger partial charge in [-0.15, -0.1) is 0 Å².